The summed E-state index contributed by atoms with van der Waals surface area (Å²) in [6.45, 7) is 4.58. The Bertz CT molecular complexity index is 713. The largest absolute Gasteiger partial charge is 0.449 e. The van der Waals surface area contributed by atoms with Crippen LogP contribution in [0.15, 0.2) is 29.6 Å². The first-order chi connectivity index (χ1) is 10.5. The van der Waals surface area contributed by atoms with Crippen LogP contribution in [0.4, 0.5) is 5.69 Å². The third-order valence-corrected chi connectivity index (χ3v) is 4.58. The Balaban J connectivity index is 1.67. The molecule has 0 saturated carbocycles. The number of carbonyl (C=O) groups is 1. The van der Waals surface area contributed by atoms with Crippen LogP contribution in [0.3, 0.4) is 0 Å². The minimum absolute atomic E-state index is 0.399. The van der Waals surface area contributed by atoms with Crippen LogP contribution in [0, 0.1) is 0 Å². The maximum atomic E-state index is 11.1. The molecule has 0 saturated heterocycles. The summed E-state index contributed by atoms with van der Waals surface area (Å²) in [4.78, 5) is 12.1. The standard InChI is InChI=1S/C16H18N2O3S/c1-3-16(2)20-13-5-4-11(7-14(13)21-16)18-8-12-6-10(9-22-12)15(17)19/h4-7,9,18H,3,8H2,1-2H3,(H2,17,19). The average molecular weight is 318 g/mol. The molecule has 116 valence electrons. The predicted octanol–water partition coefficient (Wildman–Crippen LogP) is 3.36. The van der Waals surface area contributed by atoms with E-state index in [9.17, 15) is 4.79 Å². The highest BCUT2D eigenvalue weighted by Crippen LogP contribution is 2.42. The van der Waals surface area contributed by atoms with Crippen molar-refractivity contribution in [2.24, 2.45) is 5.73 Å². The van der Waals surface area contributed by atoms with Crippen LogP contribution in [0.2, 0.25) is 0 Å². The minimum Gasteiger partial charge on any atom is -0.449 e. The van der Waals surface area contributed by atoms with Gasteiger partial charge in [-0.05, 0) is 18.2 Å². The molecule has 6 heteroatoms. The second kappa shape index (κ2) is 5.53. The lowest BCUT2D eigenvalue weighted by Gasteiger charge is -2.20. The van der Waals surface area contributed by atoms with Gasteiger partial charge in [-0.1, -0.05) is 6.92 Å². The van der Waals surface area contributed by atoms with Gasteiger partial charge in [-0.15, -0.1) is 11.3 Å². The lowest BCUT2D eigenvalue weighted by molar-refractivity contribution is -0.0640. The van der Waals surface area contributed by atoms with Crippen LogP contribution < -0.4 is 20.5 Å². The van der Waals surface area contributed by atoms with Gasteiger partial charge in [-0.3, -0.25) is 4.79 Å². The van der Waals surface area contributed by atoms with Gasteiger partial charge in [0, 0.05) is 41.9 Å². The van der Waals surface area contributed by atoms with E-state index in [0.29, 0.717) is 12.1 Å². The molecule has 2 aromatic rings. The number of benzene rings is 1. The normalized spacial score (nSPS) is 19.2. The predicted molar refractivity (Wildman–Crippen MR) is 86.6 cm³/mol. The molecule has 0 aliphatic carbocycles. The van der Waals surface area contributed by atoms with Crippen LogP contribution in [-0.4, -0.2) is 11.7 Å². The van der Waals surface area contributed by atoms with Crippen LogP contribution in [0.25, 0.3) is 0 Å². The fourth-order valence-electron chi connectivity index (χ4n) is 2.20. The second-order valence-corrected chi connectivity index (χ2v) is 6.37. The van der Waals surface area contributed by atoms with Gasteiger partial charge in [0.05, 0.1) is 5.56 Å². The fraction of sp³-hybridized carbons (Fsp3) is 0.312. The smallest absolute Gasteiger partial charge is 0.249 e. The van der Waals surface area contributed by atoms with Gasteiger partial charge in [0.25, 0.3) is 0 Å². The third kappa shape index (κ3) is 2.87. The number of anilines is 1. The van der Waals surface area contributed by atoms with Gasteiger partial charge in [0.2, 0.25) is 11.7 Å². The molecule has 5 nitrogen and oxygen atoms in total. The van der Waals surface area contributed by atoms with Gasteiger partial charge in [-0.2, -0.15) is 0 Å². The Morgan fingerprint density at radius 1 is 1.32 bits per heavy atom. The van der Waals surface area contributed by atoms with Crippen molar-refractivity contribution in [1.82, 2.24) is 0 Å². The summed E-state index contributed by atoms with van der Waals surface area (Å²) >= 11 is 1.51. The van der Waals surface area contributed by atoms with Crippen molar-refractivity contribution in [3.05, 3.63) is 40.1 Å². The van der Waals surface area contributed by atoms with Crippen LogP contribution in [0.1, 0.15) is 35.5 Å². The van der Waals surface area contributed by atoms with Gasteiger partial charge in [0.1, 0.15) is 0 Å². The van der Waals surface area contributed by atoms with E-state index in [-0.39, 0.29) is 0 Å². The molecule has 2 heterocycles. The lowest BCUT2D eigenvalue weighted by atomic mass is 10.2. The number of amides is 1. The molecule has 0 bridgehead atoms. The molecule has 1 aromatic heterocycles. The lowest BCUT2D eigenvalue weighted by Crippen LogP contribution is -2.33. The highest BCUT2D eigenvalue weighted by Gasteiger charge is 2.34. The van der Waals surface area contributed by atoms with Gasteiger partial charge in [-0.25, -0.2) is 0 Å². The number of ether oxygens (including phenoxy) is 2. The SMILES string of the molecule is CCC1(C)Oc2ccc(NCc3cc(C(N)=O)cs3)cc2O1. The zero-order chi connectivity index (χ0) is 15.7. The number of thiophene rings is 1. The maximum Gasteiger partial charge on any atom is 0.249 e. The number of primary amides is 1. The van der Waals surface area contributed by atoms with E-state index in [4.69, 9.17) is 15.2 Å². The summed E-state index contributed by atoms with van der Waals surface area (Å²) < 4.78 is 11.6. The fourth-order valence-corrected chi connectivity index (χ4v) is 3.02. The number of nitrogens with one attached hydrogen (secondary N) is 1. The number of nitrogens with two attached hydrogens (primary N) is 1. The van der Waals surface area contributed by atoms with Crippen molar-refractivity contribution in [3.8, 4) is 11.5 Å². The van der Waals surface area contributed by atoms with Crippen molar-refractivity contribution in [2.45, 2.75) is 32.6 Å². The first kappa shape index (κ1) is 14.7. The molecule has 22 heavy (non-hydrogen) atoms. The highest BCUT2D eigenvalue weighted by atomic mass is 32.1. The third-order valence-electron chi connectivity index (χ3n) is 3.64. The Labute approximate surface area is 133 Å². The molecular formula is C16H18N2O3S. The zero-order valence-electron chi connectivity index (χ0n) is 12.5. The van der Waals surface area contributed by atoms with Crippen molar-refractivity contribution in [3.63, 3.8) is 0 Å². The van der Waals surface area contributed by atoms with E-state index in [1.807, 2.05) is 32.0 Å². The molecule has 0 fully saturated rings. The van der Waals surface area contributed by atoms with Crippen LogP contribution in [-0.2, 0) is 6.54 Å². The maximum absolute atomic E-state index is 11.1. The summed E-state index contributed by atoms with van der Waals surface area (Å²) in [5, 5.41) is 5.08. The second-order valence-electron chi connectivity index (χ2n) is 5.37. The van der Waals surface area contributed by atoms with Gasteiger partial charge < -0.3 is 20.5 Å². The molecular weight excluding hydrogens is 300 g/mol. The number of carbonyl (C=O) groups excluding carboxylic acids is 1. The zero-order valence-corrected chi connectivity index (χ0v) is 13.3. The topological polar surface area (TPSA) is 73.6 Å². The number of hydrogen-bond donors (Lipinski definition) is 2. The Morgan fingerprint density at radius 3 is 2.77 bits per heavy atom. The quantitative estimate of drug-likeness (QED) is 0.886. The van der Waals surface area contributed by atoms with E-state index in [2.05, 4.69) is 5.32 Å². The van der Waals surface area contributed by atoms with Crippen LogP contribution >= 0.6 is 11.3 Å². The molecule has 1 unspecified atom stereocenters. The monoisotopic (exact) mass is 318 g/mol. The Hall–Kier alpha value is -2.21. The van der Waals surface area contributed by atoms with E-state index < -0.39 is 11.7 Å². The Morgan fingerprint density at radius 2 is 2.09 bits per heavy atom. The summed E-state index contributed by atoms with van der Waals surface area (Å²) in [6.07, 6.45) is 0.773. The molecule has 1 aliphatic rings. The van der Waals surface area contributed by atoms with Crippen molar-refractivity contribution in [1.29, 1.82) is 0 Å². The number of hydrogen-bond acceptors (Lipinski definition) is 5. The summed E-state index contributed by atoms with van der Waals surface area (Å²) in [7, 11) is 0. The molecule has 1 atom stereocenters. The van der Waals surface area contributed by atoms with E-state index in [0.717, 1.165) is 28.5 Å². The summed E-state index contributed by atoms with van der Waals surface area (Å²) in [5.74, 6) is 0.537. The van der Waals surface area contributed by atoms with Gasteiger partial charge in [0.15, 0.2) is 11.5 Å². The minimum atomic E-state index is -0.578. The molecule has 0 spiro atoms. The number of rotatable bonds is 5. The molecule has 1 aliphatic heterocycles. The van der Waals surface area contributed by atoms with E-state index in [1.165, 1.54) is 11.3 Å². The Kier molecular flexibility index (Phi) is 3.70. The van der Waals surface area contributed by atoms with Crippen molar-refractivity contribution in [2.75, 3.05) is 5.32 Å². The van der Waals surface area contributed by atoms with Gasteiger partial charge >= 0.3 is 0 Å². The van der Waals surface area contributed by atoms with Crippen molar-refractivity contribution < 1.29 is 14.3 Å². The van der Waals surface area contributed by atoms with Crippen molar-refractivity contribution >= 4 is 22.9 Å². The molecule has 1 amide bonds. The highest BCUT2D eigenvalue weighted by molar-refractivity contribution is 7.10. The molecule has 0 radical (unpaired) electrons. The van der Waals surface area contributed by atoms with E-state index >= 15 is 0 Å². The number of fused-ring (bicyclic) bond motifs is 1. The molecule has 3 rings (SSSR count). The molecule has 1 aromatic carbocycles. The first-order valence-corrected chi connectivity index (χ1v) is 8.00. The average Bonchev–Trinajstić information content (AvgIpc) is 3.08. The summed E-state index contributed by atoms with van der Waals surface area (Å²) in [5.41, 5.74) is 6.74. The first-order valence-electron chi connectivity index (χ1n) is 7.12. The summed E-state index contributed by atoms with van der Waals surface area (Å²) in [6, 6.07) is 7.59. The molecule has 3 N–H and O–H groups in total. The van der Waals surface area contributed by atoms with Crippen LogP contribution in [0.5, 0.6) is 11.5 Å². The van der Waals surface area contributed by atoms with E-state index in [1.54, 1.807) is 11.4 Å².